The Bertz CT molecular complexity index is 1010. The van der Waals surface area contributed by atoms with Crippen molar-refractivity contribution in [2.24, 2.45) is 5.92 Å². The number of amides is 1. The molecule has 0 spiro atoms. The minimum Gasteiger partial charge on any atom is -0.508 e. The molecule has 166 valence electrons. The number of phenols is 1. The number of carbonyl (C=O) groups is 2. The van der Waals surface area contributed by atoms with E-state index in [0.717, 1.165) is 11.1 Å². The number of rotatable bonds is 10. The number of anilines is 1. The zero-order valence-electron chi connectivity index (χ0n) is 17.7. The van der Waals surface area contributed by atoms with E-state index in [9.17, 15) is 19.8 Å². The predicted octanol–water partition coefficient (Wildman–Crippen LogP) is 4.60. The number of aryl methyl sites for hydroxylation is 1. The number of aliphatic carboxylic acids is 1. The fourth-order valence-corrected chi connectivity index (χ4v) is 4.01. The normalized spacial score (nSPS) is 12.7. The van der Waals surface area contributed by atoms with E-state index in [1.165, 1.54) is 17.0 Å². The van der Waals surface area contributed by atoms with Crippen molar-refractivity contribution in [1.82, 2.24) is 0 Å². The standard InChI is InChI=1S/C26H27NO4S/c28-23-15-12-20(13-16-23)17-24(26(30)31)27(22-9-5-2-6-10-22)25(29)21(18-32)14-11-19-7-3-1-4-8-19/h1-10,12-13,15-16,21,24,28,32H,11,14,17-18H2,(H,30,31)/t21?,24-/m0/s1. The molecule has 0 bridgehead atoms. The summed E-state index contributed by atoms with van der Waals surface area (Å²) in [7, 11) is 0. The molecule has 1 amide bonds. The second-order valence-corrected chi connectivity index (χ2v) is 8.04. The molecular weight excluding hydrogens is 422 g/mol. The molecule has 5 nitrogen and oxygen atoms in total. The van der Waals surface area contributed by atoms with Crippen molar-refractivity contribution in [3.63, 3.8) is 0 Å². The minimum absolute atomic E-state index is 0.104. The summed E-state index contributed by atoms with van der Waals surface area (Å²) in [4.78, 5) is 27.4. The number of carbonyl (C=O) groups excluding carboxylic acids is 1. The first-order valence-electron chi connectivity index (χ1n) is 10.5. The first-order valence-corrected chi connectivity index (χ1v) is 11.2. The predicted molar refractivity (Wildman–Crippen MR) is 129 cm³/mol. The van der Waals surface area contributed by atoms with Gasteiger partial charge >= 0.3 is 5.97 Å². The molecule has 0 aliphatic carbocycles. The van der Waals surface area contributed by atoms with Gasteiger partial charge in [-0.05, 0) is 48.2 Å². The number of nitrogens with zero attached hydrogens (tertiary/aromatic N) is 1. The van der Waals surface area contributed by atoms with Crippen molar-refractivity contribution >= 4 is 30.2 Å². The average molecular weight is 450 g/mol. The number of hydrogen-bond donors (Lipinski definition) is 3. The van der Waals surface area contributed by atoms with Crippen LogP contribution in [-0.2, 0) is 22.4 Å². The molecule has 32 heavy (non-hydrogen) atoms. The second-order valence-electron chi connectivity index (χ2n) is 7.67. The Hall–Kier alpha value is -3.25. The molecule has 0 saturated carbocycles. The highest BCUT2D eigenvalue weighted by Gasteiger charge is 2.34. The Morgan fingerprint density at radius 3 is 2.00 bits per heavy atom. The van der Waals surface area contributed by atoms with E-state index in [2.05, 4.69) is 12.6 Å². The summed E-state index contributed by atoms with van der Waals surface area (Å²) in [6.45, 7) is 0. The molecule has 3 aromatic rings. The lowest BCUT2D eigenvalue weighted by atomic mass is 9.97. The van der Waals surface area contributed by atoms with E-state index in [1.807, 2.05) is 36.4 Å². The van der Waals surface area contributed by atoms with E-state index in [-0.39, 0.29) is 18.1 Å². The van der Waals surface area contributed by atoms with Crippen LogP contribution < -0.4 is 4.90 Å². The van der Waals surface area contributed by atoms with Gasteiger partial charge in [-0.1, -0.05) is 60.7 Å². The number of thiol groups is 1. The molecule has 2 N–H and O–H groups in total. The van der Waals surface area contributed by atoms with Crippen molar-refractivity contribution in [1.29, 1.82) is 0 Å². The largest absolute Gasteiger partial charge is 0.508 e. The smallest absolute Gasteiger partial charge is 0.327 e. The molecule has 0 heterocycles. The van der Waals surface area contributed by atoms with Crippen LogP contribution in [0.1, 0.15) is 17.5 Å². The minimum atomic E-state index is -1.09. The van der Waals surface area contributed by atoms with Crippen LogP contribution in [0.3, 0.4) is 0 Å². The van der Waals surface area contributed by atoms with E-state index < -0.39 is 17.9 Å². The van der Waals surface area contributed by atoms with Gasteiger partial charge in [0.25, 0.3) is 0 Å². The van der Waals surface area contributed by atoms with Crippen LogP contribution in [0.5, 0.6) is 5.75 Å². The summed E-state index contributed by atoms with van der Waals surface area (Å²) in [5.74, 6) is -1.35. The summed E-state index contributed by atoms with van der Waals surface area (Å²) in [5.41, 5.74) is 2.38. The van der Waals surface area contributed by atoms with Crippen molar-refractivity contribution in [3.05, 3.63) is 96.1 Å². The van der Waals surface area contributed by atoms with Crippen LogP contribution >= 0.6 is 12.6 Å². The molecule has 3 rings (SSSR count). The fraction of sp³-hybridized carbons (Fsp3) is 0.231. The highest BCUT2D eigenvalue weighted by molar-refractivity contribution is 7.80. The van der Waals surface area contributed by atoms with Gasteiger partial charge in [0.05, 0.1) is 0 Å². The van der Waals surface area contributed by atoms with E-state index in [0.29, 0.717) is 24.3 Å². The summed E-state index contributed by atoms with van der Waals surface area (Å²) in [6, 6.07) is 24.1. The van der Waals surface area contributed by atoms with E-state index >= 15 is 0 Å². The number of benzene rings is 3. The zero-order valence-corrected chi connectivity index (χ0v) is 18.6. The van der Waals surface area contributed by atoms with Crippen molar-refractivity contribution in [2.45, 2.75) is 25.3 Å². The van der Waals surface area contributed by atoms with Gasteiger partial charge in [-0.25, -0.2) is 4.79 Å². The van der Waals surface area contributed by atoms with Crippen LogP contribution in [0.25, 0.3) is 0 Å². The summed E-state index contributed by atoms with van der Waals surface area (Å²) < 4.78 is 0. The molecule has 2 atom stereocenters. The van der Waals surface area contributed by atoms with Crippen molar-refractivity contribution in [2.75, 3.05) is 10.7 Å². The Morgan fingerprint density at radius 2 is 1.44 bits per heavy atom. The maximum Gasteiger partial charge on any atom is 0.327 e. The monoisotopic (exact) mass is 449 g/mol. The van der Waals surface area contributed by atoms with Crippen LogP contribution in [-0.4, -0.2) is 33.9 Å². The highest BCUT2D eigenvalue weighted by atomic mass is 32.1. The van der Waals surface area contributed by atoms with Crippen LogP contribution in [0, 0.1) is 5.92 Å². The third-order valence-corrected chi connectivity index (χ3v) is 5.87. The third kappa shape index (κ3) is 6.14. The number of phenolic OH excluding ortho intramolecular Hbond substituents is 1. The molecule has 0 fully saturated rings. The number of para-hydroxylation sites is 1. The molecule has 0 aliphatic heterocycles. The van der Waals surface area contributed by atoms with Gasteiger partial charge in [0.1, 0.15) is 11.8 Å². The average Bonchev–Trinajstić information content (AvgIpc) is 2.81. The third-order valence-electron chi connectivity index (χ3n) is 5.43. The van der Waals surface area contributed by atoms with Crippen molar-refractivity contribution in [3.8, 4) is 5.75 Å². The molecular formula is C26H27NO4S. The quantitative estimate of drug-likeness (QED) is 0.395. The maximum absolute atomic E-state index is 13.7. The summed E-state index contributed by atoms with van der Waals surface area (Å²) >= 11 is 4.42. The van der Waals surface area contributed by atoms with Crippen LogP contribution in [0.4, 0.5) is 5.69 Å². The fourth-order valence-electron chi connectivity index (χ4n) is 3.67. The first-order chi connectivity index (χ1) is 15.5. The summed E-state index contributed by atoms with van der Waals surface area (Å²) in [6.07, 6.45) is 1.39. The SMILES string of the molecule is O=C(O)[C@H](Cc1ccc(O)cc1)N(C(=O)C(CS)CCc1ccccc1)c1ccccc1. The van der Waals surface area contributed by atoms with Crippen LogP contribution in [0.15, 0.2) is 84.9 Å². The van der Waals surface area contributed by atoms with Crippen molar-refractivity contribution < 1.29 is 19.8 Å². The molecule has 0 radical (unpaired) electrons. The topological polar surface area (TPSA) is 77.8 Å². The summed E-state index contributed by atoms with van der Waals surface area (Å²) in [5, 5.41) is 19.6. The zero-order chi connectivity index (χ0) is 22.9. The van der Waals surface area contributed by atoms with Gasteiger partial charge in [0, 0.05) is 23.8 Å². The van der Waals surface area contributed by atoms with Gasteiger partial charge in [0.2, 0.25) is 5.91 Å². The second kappa shape index (κ2) is 11.4. The number of carboxylic acids is 1. The van der Waals surface area contributed by atoms with Gasteiger partial charge < -0.3 is 10.2 Å². The lowest BCUT2D eigenvalue weighted by Crippen LogP contribution is -2.49. The molecule has 0 aliphatic rings. The first kappa shape index (κ1) is 23.4. The van der Waals surface area contributed by atoms with Gasteiger partial charge in [0.15, 0.2) is 0 Å². The Kier molecular flexibility index (Phi) is 8.34. The van der Waals surface area contributed by atoms with Crippen LogP contribution in [0.2, 0.25) is 0 Å². The van der Waals surface area contributed by atoms with Gasteiger partial charge in [-0.3, -0.25) is 9.69 Å². The van der Waals surface area contributed by atoms with E-state index in [1.54, 1.807) is 36.4 Å². The van der Waals surface area contributed by atoms with Gasteiger partial charge in [-0.15, -0.1) is 0 Å². The highest BCUT2D eigenvalue weighted by Crippen LogP contribution is 2.25. The Labute approximate surface area is 193 Å². The molecule has 0 saturated heterocycles. The lowest BCUT2D eigenvalue weighted by molar-refractivity contribution is -0.140. The van der Waals surface area contributed by atoms with Gasteiger partial charge in [-0.2, -0.15) is 12.6 Å². The number of carboxylic acid groups (broad SMARTS) is 1. The van der Waals surface area contributed by atoms with E-state index in [4.69, 9.17) is 0 Å². The Morgan fingerprint density at radius 1 is 0.844 bits per heavy atom. The Balaban J connectivity index is 1.89. The molecule has 0 aromatic heterocycles. The lowest BCUT2D eigenvalue weighted by Gasteiger charge is -2.32. The maximum atomic E-state index is 13.7. The molecule has 6 heteroatoms. The number of aromatic hydroxyl groups is 1. The number of hydrogen-bond acceptors (Lipinski definition) is 4. The molecule has 1 unspecified atom stereocenters. The molecule has 3 aromatic carbocycles.